The summed E-state index contributed by atoms with van der Waals surface area (Å²) in [5.41, 5.74) is -0.0471. The monoisotopic (exact) mass is 375 g/mol. The molecule has 0 aromatic heterocycles. The molecule has 2 rings (SSSR count). The summed E-state index contributed by atoms with van der Waals surface area (Å²) in [4.78, 5) is 11.2. The maximum atomic E-state index is 12.8. The molecule has 0 amide bonds. The van der Waals surface area contributed by atoms with Crippen molar-refractivity contribution in [3.8, 4) is 0 Å². The lowest BCUT2D eigenvalue weighted by Crippen LogP contribution is -2.42. The Balaban J connectivity index is 2.45. The molecule has 1 saturated heterocycles. The van der Waals surface area contributed by atoms with Crippen molar-refractivity contribution in [2.75, 3.05) is 13.1 Å². The maximum Gasteiger partial charge on any atom is 0.336 e. The van der Waals surface area contributed by atoms with E-state index in [0.717, 1.165) is 6.42 Å². The molecule has 0 radical (unpaired) electrons. The van der Waals surface area contributed by atoms with E-state index in [0.29, 0.717) is 24.9 Å². The first-order valence-electron chi connectivity index (χ1n) is 6.75. The van der Waals surface area contributed by atoms with Gasteiger partial charge in [0.2, 0.25) is 10.0 Å². The number of halogens is 1. The maximum absolute atomic E-state index is 12.8. The third kappa shape index (κ3) is 3.30. The summed E-state index contributed by atoms with van der Waals surface area (Å²) < 4.78 is 27.1. The number of carbonyl (C=O) groups is 1. The van der Waals surface area contributed by atoms with Crippen molar-refractivity contribution in [3.63, 3.8) is 0 Å². The molecule has 21 heavy (non-hydrogen) atoms. The Hall–Kier alpha value is -0.920. The van der Waals surface area contributed by atoms with Crippen molar-refractivity contribution in [2.24, 2.45) is 11.8 Å². The molecular weight excluding hydrogens is 358 g/mol. The fourth-order valence-corrected chi connectivity index (χ4v) is 5.63. The minimum atomic E-state index is -3.69. The van der Waals surface area contributed by atoms with E-state index in [2.05, 4.69) is 15.9 Å². The van der Waals surface area contributed by atoms with E-state index < -0.39 is 16.0 Å². The van der Waals surface area contributed by atoms with Crippen LogP contribution in [0.25, 0.3) is 0 Å². The summed E-state index contributed by atoms with van der Waals surface area (Å²) in [6, 6.07) is 4.28. The quantitative estimate of drug-likeness (QED) is 0.880. The van der Waals surface area contributed by atoms with Crippen LogP contribution in [0.5, 0.6) is 0 Å². The minimum absolute atomic E-state index is 0.0173. The fourth-order valence-electron chi connectivity index (χ4n) is 2.82. The fraction of sp³-hybridized carbons (Fsp3) is 0.500. The summed E-state index contributed by atoms with van der Waals surface area (Å²) in [5, 5.41) is 9.11. The van der Waals surface area contributed by atoms with Gasteiger partial charge >= 0.3 is 5.97 Å². The Labute approximate surface area is 133 Å². The minimum Gasteiger partial charge on any atom is -0.478 e. The van der Waals surface area contributed by atoms with Gasteiger partial charge in [0.25, 0.3) is 0 Å². The average molecular weight is 376 g/mol. The smallest absolute Gasteiger partial charge is 0.336 e. The predicted octanol–water partition coefficient (Wildman–Crippen LogP) is 2.81. The van der Waals surface area contributed by atoms with Gasteiger partial charge in [-0.2, -0.15) is 4.31 Å². The number of hydrogen-bond acceptors (Lipinski definition) is 3. The van der Waals surface area contributed by atoms with Crippen LogP contribution in [0.2, 0.25) is 0 Å². The van der Waals surface area contributed by atoms with Crippen LogP contribution in [-0.2, 0) is 10.0 Å². The normalized spacial score (nSPS) is 24.0. The standard InChI is InChI=1S/C14H18BrNO4S/c1-9-6-10(2)8-16(7-9)21(19,20)12-5-3-4-11(13(12)15)14(17)18/h3-5,9-10H,6-8H2,1-2H3,(H,17,18)/t9-,10+. The number of carboxylic acid groups (broad SMARTS) is 1. The van der Waals surface area contributed by atoms with Gasteiger partial charge < -0.3 is 5.11 Å². The molecule has 1 N–H and O–H groups in total. The van der Waals surface area contributed by atoms with Gasteiger partial charge in [-0.15, -0.1) is 0 Å². The molecule has 1 aromatic carbocycles. The van der Waals surface area contributed by atoms with E-state index in [1.807, 2.05) is 13.8 Å². The highest BCUT2D eigenvalue weighted by atomic mass is 79.9. The predicted molar refractivity (Wildman–Crippen MR) is 82.8 cm³/mol. The molecule has 116 valence electrons. The molecule has 1 heterocycles. The number of nitrogens with zero attached hydrogens (tertiary/aromatic N) is 1. The topological polar surface area (TPSA) is 74.7 Å². The summed E-state index contributed by atoms with van der Waals surface area (Å²) in [6.07, 6.45) is 1.00. The lowest BCUT2D eigenvalue weighted by atomic mass is 9.94. The van der Waals surface area contributed by atoms with Crippen LogP contribution in [-0.4, -0.2) is 36.9 Å². The van der Waals surface area contributed by atoms with E-state index in [1.54, 1.807) is 0 Å². The first kappa shape index (κ1) is 16.5. The molecule has 1 fully saturated rings. The van der Waals surface area contributed by atoms with E-state index in [-0.39, 0.29) is 14.9 Å². The van der Waals surface area contributed by atoms with Gasteiger partial charge in [-0.25, -0.2) is 13.2 Å². The van der Waals surface area contributed by atoms with E-state index in [1.165, 1.54) is 22.5 Å². The highest BCUT2D eigenvalue weighted by molar-refractivity contribution is 9.10. The number of hydrogen-bond donors (Lipinski definition) is 1. The molecular formula is C14H18BrNO4S. The Morgan fingerprint density at radius 3 is 2.38 bits per heavy atom. The number of aromatic carboxylic acids is 1. The average Bonchev–Trinajstić information content (AvgIpc) is 2.37. The van der Waals surface area contributed by atoms with Crippen LogP contribution >= 0.6 is 15.9 Å². The third-order valence-electron chi connectivity index (χ3n) is 3.65. The molecule has 1 aromatic rings. The zero-order valence-electron chi connectivity index (χ0n) is 11.9. The van der Waals surface area contributed by atoms with Gasteiger partial charge in [0.05, 0.1) is 14.9 Å². The van der Waals surface area contributed by atoms with Crippen molar-refractivity contribution >= 4 is 31.9 Å². The van der Waals surface area contributed by atoms with E-state index in [9.17, 15) is 13.2 Å². The first-order valence-corrected chi connectivity index (χ1v) is 8.98. The lowest BCUT2D eigenvalue weighted by molar-refractivity contribution is 0.0695. The molecule has 5 nitrogen and oxygen atoms in total. The van der Waals surface area contributed by atoms with Crippen molar-refractivity contribution < 1.29 is 18.3 Å². The first-order chi connectivity index (χ1) is 9.73. The van der Waals surface area contributed by atoms with Crippen molar-refractivity contribution in [2.45, 2.75) is 25.2 Å². The molecule has 7 heteroatoms. The number of rotatable bonds is 3. The van der Waals surface area contributed by atoms with Gasteiger partial charge in [-0.1, -0.05) is 19.9 Å². The second-order valence-electron chi connectivity index (χ2n) is 5.69. The number of benzene rings is 1. The van der Waals surface area contributed by atoms with Crippen LogP contribution in [0.15, 0.2) is 27.6 Å². The van der Waals surface area contributed by atoms with Crippen molar-refractivity contribution in [1.82, 2.24) is 4.31 Å². The molecule has 0 bridgehead atoms. The van der Waals surface area contributed by atoms with Crippen molar-refractivity contribution in [1.29, 1.82) is 0 Å². The summed E-state index contributed by atoms with van der Waals surface area (Å²) in [6.45, 7) is 4.99. The summed E-state index contributed by atoms with van der Waals surface area (Å²) in [7, 11) is -3.69. The molecule has 2 atom stereocenters. The highest BCUT2D eigenvalue weighted by Crippen LogP contribution is 2.32. The van der Waals surface area contributed by atoms with Gasteiger partial charge in [-0.05, 0) is 46.3 Å². The zero-order valence-corrected chi connectivity index (χ0v) is 14.3. The Morgan fingerprint density at radius 1 is 1.29 bits per heavy atom. The summed E-state index contributed by atoms with van der Waals surface area (Å²) >= 11 is 3.13. The van der Waals surface area contributed by atoms with Gasteiger partial charge in [-0.3, -0.25) is 0 Å². The number of carboxylic acids is 1. The second kappa shape index (κ2) is 6.06. The molecule has 0 saturated carbocycles. The molecule has 0 aliphatic carbocycles. The van der Waals surface area contributed by atoms with Gasteiger partial charge in [0.15, 0.2) is 0 Å². The van der Waals surface area contributed by atoms with Crippen LogP contribution in [0, 0.1) is 11.8 Å². The lowest BCUT2D eigenvalue weighted by Gasteiger charge is -2.34. The Morgan fingerprint density at radius 2 is 1.86 bits per heavy atom. The second-order valence-corrected chi connectivity index (χ2v) is 8.39. The van der Waals surface area contributed by atoms with Crippen LogP contribution in [0.1, 0.15) is 30.6 Å². The zero-order chi connectivity index (χ0) is 15.8. The van der Waals surface area contributed by atoms with E-state index >= 15 is 0 Å². The number of piperidine rings is 1. The highest BCUT2D eigenvalue weighted by Gasteiger charge is 2.33. The van der Waals surface area contributed by atoms with Gasteiger partial charge in [0.1, 0.15) is 0 Å². The summed E-state index contributed by atoms with van der Waals surface area (Å²) in [5.74, 6) is -0.561. The molecule has 1 aliphatic heterocycles. The van der Waals surface area contributed by atoms with Crippen LogP contribution in [0.4, 0.5) is 0 Å². The molecule has 0 spiro atoms. The van der Waals surface area contributed by atoms with Crippen molar-refractivity contribution in [3.05, 3.63) is 28.2 Å². The van der Waals surface area contributed by atoms with Crippen LogP contribution in [0.3, 0.4) is 0 Å². The Bertz CT molecular complexity index is 649. The molecule has 1 aliphatic rings. The molecule has 0 unspecified atom stereocenters. The number of sulfonamides is 1. The SMILES string of the molecule is C[C@@H]1C[C@H](C)CN(S(=O)(=O)c2cccc(C(=O)O)c2Br)C1. The van der Waals surface area contributed by atoms with Gasteiger partial charge in [0, 0.05) is 13.1 Å². The third-order valence-corrected chi connectivity index (χ3v) is 6.64. The largest absolute Gasteiger partial charge is 0.478 e. The Kier molecular flexibility index (Phi) is 4.75. The van der Waals surface area contributed by atoms with E-state index in [4.69, 9.17) is 5.11 Å². The van der Waals surface area contributed by atoms with Crippen LogP contribution < -0.4 is 0 Å².